The first-order valence-corrected chi connectivity index (χ1v) is 6.84. The largest absolute Gasteiger partial charge is 0.379 e. The molecule has 2 aromatic rings. The lowest BCUT2D eigenvalue weighted by Gasteiger charge is -2.19. The van der Waals surface area contributed by atoms with Gasteiger partial charge in [0, 0.05) is 39.6 Å². The van der Waals surface area contributed by atoms with Crippen molar-refractivity contribution in [2.75, 3.05) is 24.3 Å². The first kappa shape index (κ1) is 13.8. The van der Waals surface area contributed by atoms with Gasteiger partial charge in [0.1, 0.15) is 0 Å². The van der Waals surface area contributed by atoms with E-state index in [2.05, 4.69) is 41.3 Å². The zero-order valence-corrected chi connectivity index (χ0v) is 12.4. The van der Waals surface area contributed by atoms with Gasteiger partial charge in [0.15, 0.2) is 0 Å². The van der Waals surface area contributed by atoms with Gasteiger partial charge in [-0.1, -0.05) is 17.7 Å². The van der Waals surface area contributed by atoms with E-state index in [0.29, 0.717) is 0 Å². The molecule has 1 heterocycles. The van der Waals surface area contributed by atoms with E-state index in [9.17, 15) is 0 Å². The minimum absolute atomic E-state index is 0.765. The minimum Gasteiger partial charge on any atom is -0.379 e. The van der Waals surface area contributed by atoms with Crippen molar-refractivity contribution in [2.45, 2.75) is 20.0 Å². The third-order valence-corrected chi connectivity index (χ3v) is 3.40. The van der Waals surface area contributed by atoms with Crippen LogP contribution in [-0.2, 0) is 13.1 Å². The molecule has 0 saturated carbocycles. The molecule has 102 valence electrons. The highest BCUT2D eigenvalue weighted by Crippen LogP contribution is 2.32. The molecule has 1 aromatic carbocycles. The number of aromatic nitrogens is 1. The van der Waals surface area contributed by atoms with Gasteiger partial charge in [-0.15, -0.1) is 0 Å². The summed E-state index contributed by atoms with van der Waals surface area (Å²) >= 11 is 6.25. The summed E-state index contributed by atoms with van der Waals surface area (Å²) in [5, 5.41) is 4.21. The number of para-hydroxylation sites is 1. The molecular formula is C15H20ClN3. The molecule has 3 nitrogen and oxygen atoms in total. The second kappa shape index (κ2) is 6.02. The Morgan fingerprint density at radius 3 is 2.68 bits per heavy atom. The van der Waals surface area contributed by atoms with Crippen LogP contribution in [0, 0.1) is 0 Å². The molecule has 4 heteroatoms. The Hall–Kier alpha value is -1.61. The fourth-order valence-electron chi connectivity index (χ4n) is 2.10. The first-order valence-electron chi connectivity index (χ1n) is 6.46. The van der Waals surface area contributed by atoms with Crippen LogP contribution in [0.25, 0.3) is 0 Å². The maximum atomic E-state index is 6.25. The van der Waals surface area contributed by atoms with Crippen molar-refractivity contribution >= 4 is 23.0 Å². The smallest absolute Gasteiger partial charge is 0.0786 e. The Morgan fingerprint density at radius 2 is 2.05 bits per heavy atom. The number of hydrogen-bond donors (Lipinski definition) is 1. The van der Waals surface area contributed by atoms with Crippen LogP contribution in [0.4, 0.5) is 11.4 Å². The van der Waals surface area contributed by atoms with Crippen LogP contribution in [0.1, 0.15) is 12.5 Å². The molecule has 0 aliphatic carbocycles. The number of benzene rings is 1. The third kappa shape index (κ3) is 3.24. The normalized spacial score (nSPS) is 10.5. The minimum atomic E-state index is 0.765. The second-order valence-electron chi connectivity index (χ2n) is 4.73. The lowest BCUT2D eigenvalue weighted by molar-refractivity contribution is 0.766. The third-order valence-electron chi connectivity index (χ3n) is 3.09. The lowest BCUT2D eigenvalue weighted by atomic mass is 10.2. The Labute approximate surface area is 119 Å². The van der Waals surface area contributed by atoms with Gasteiger partial charge in [-0.05, 0) is 30.7 Å². The number of halogens is 1. The van der Waals surface area contributed by atoms with Gasteiger partial charge in [-0.3, -0.25) is 0 Å². The Kier molecular flexibility index (Phi) is 4.38. The molecule has 0 bridgehead atoms. The van der Waals surface area contributed by atoms with Crippen LogP contribution in [0.2, 0.25) is 5.02 Å². The molecule has 0 radical (unpaired) electrons. The van der Waals surface area contributed by atoms with Crippen molar-refractivity contribution in [3.8, 4) is 0 Å². The summed E-state index contributed by atoms with van der Waals surface area (Å²) in [6.45, 7) is 3.94. The number of rotatable bonds is 5. The number of hydrogen-bond acceptors (Lipinski definition) is 2. The average molecular weight is 278 g/mol. The van der Waals surface area contributed by atoms with Crippen LogP contribution < -0.4 is 10.2 Å². The van der Waals surface area contributed by atoms with E-state index in [1.807, 2.05) is 31.1 Å². The average Bonchev–Trinajstić information content (AvgIpc) is 2.83. The van der Waals surface area contributed by atoms with Crippen LogP contribution >= 0.6 is 11.6 Å². The van der Waals surface area contributed by atoms with Gasteiger partial charge < -0.3 is 14.8 Å². The number of nitrogens with zero attached hydrogens (tertiary/aromatic N) is 2. The van der Waals surface area contributed by atoms with Crippen LogP contribution in [0.15, 0.2) is 36.7 Å². The van der Waals surface area contributed by atoms with Gasteiger partial charge in [0.05, 0.1) is 16.4 Å². The Morgan fingerprint density at radius 1 is 1.26 bits per heavy atom. The predicted molar refractivity (Wildman–Crippen MR) is 83.2 cm³/mol. The van der Waals surface area contributed by atoms with Crippen LogP contribution in [0.5, 0.6) is 0 Å². The first-order chi connectivity index (χ1) is 9.11. The van der Waals surface area contributed by atoms with Gasteiger partial charge >= 0.3 is 0 Å². The summed E-state index contributed by atoms with van der Waals surface area (Å²) in [5.74, 6) is 0. The number of aryl methyl sites for hydroxylation is 1. The highest BCUT2D eigenvalue weighted by molar-refractivity contribution is 6.34. The topological polar surface area (TPSA) is 20.2 Å². The summed E-state index contributed by atoms with van der Waals surface area (Å²) in [6, 6.07) is 8.07. The standard InChI is InChI=1S/C15H20ClN3/c1-4-19-9-8-12(11-19)10-17-14-7-5-6-13(16)15(14)18(2)3/h5-9,11,17H,4,10H2,1-3H3. The summed E-state index contributed by atoms with van der Waals surface area (Å²) in [6.07, 6.45) is 4.26. The molecule has 0 aliphatic rings. The van der Waals surface area contributed by atoms with E-state index in [1.54, 1.807) is 0 Å². The van der Waals surface area contributed by atoms with E-state index in [4.69, 9.17) is 11.6 Å². The van der Waals surface area contributed by atoms with E-state index < -0.39 is 0 Å². The molecule has 0 fully saturated rings. The highest BCUT2D eigenvalue weighted by Gasteiger charge is 2.08. The number of anilines is 2. The van der Waals surface area contributed by atoms with E-state index >= 15 is 0 Å². The number of nitrogens with one attached hydrogen (secondary N) is 1. The summed E-state index contributed by atoms with van der Waals surface area (Å²) in [4.78, 5) is 2.03. The fraction of sp³-hybridized carbons (Fsp3) is 0.333. The molecule has 0 amide bonds. The predicted octanol–water partition coefficient (Wildman–Crippen LogP) is 3.84. The zero-order chi connectivity index (χ0) is 13.8. The molecule has 0 saturated heterocycles. The fourth-order valence-corrected chi connectivity index (χ4v) is 2.45. The Balaban J connectivity index is 2.13. The summed E-state index contributed by atoms with van der Waals surface area (Å²) < 4.78 is 2.17. The molecule has 2 rings (SSSR count). The van der Waals surface area contributed by atoms with Crippen molar-refractivity contribution in [3.63, 3.8) is 0 Å². The van der Waals surface area contributed by atoms with E-state index in [0.717, 1.165) is 29.5 Å². The Bertz CT molecular complexity index is 546. The maximum absolute atomic E-state index is 6.25. The SMILES string of the molecule is CCn1ccc(CNc2cccc(Cl)c2N(C)C)c1. The summed E-state index contributed by atoms with van der Waals surface area (Å²) in [5.41, 5.74) is 3.35. The molecular weight excluding hydrogens is 258 g/mol. The molecule has 0 spiro atoms. The van der Waals surface area contributed by atoms with Crippen LogP contribution in [-0.4, -0.2) is 18.7 Å². The second-order valence-corrected chi connectivity index (χ2v) is 5.14. The molecule has 1 N–H and O–H groups in total. The zero-order valence-electron chi connectivity index (χ0n) is 11.7. The molecule has 1 aromatic heterocycles. The van der Waals surface area contributed by atoms with Gasteiger partial charge in [0.25, 0.3) is 0 Å². The van der Waals surface area contributed by atoms with Crippen molar-refractivity contribution in [1.82, 2.24) is 4.57 Å². The summed E-state index contributed by atoms with van der Waals surface area (Å²) in [7, 11) is 4.00. The highest BCUT2D eigenvalue weighted by atomic mass is 35.5. The van der Waals surface area contributed by atoms with Gasteiger partial charge in [0.2, 0.25) is 0 Å². The molecule has 0 unspecified atom stereocenters. The monoisotopic (exact) mass is 277 g/mol. The van der Waals surface area contributed by atoms with E-state index in [-0.39, 0.29) is 0 Å². The molecule has 0 aliphatic heterocycles. The van der Waals surface area contributed by atoms with Crippen molar-refractivity contribution in [2.24, 2.45) is 0 Å². The quantitative estimate of drug-likeness (QED) is 0.896. The molecule has 19 heavy (non-hydrogen) atoms. The maximum Gasteiger partial charge on any atom is 0.0786 e. The van der Waals surface area contributed by atoms with Crippen molar-refractivity contribution in [3.05, 3.63) is 47.2 Å². The van der Waals surface area contributed by atoms with Crippen molar-refractivity contribution in [1.29, 1.82) is 0 Å². The van der Waals surface area contributed by atoms with Gasteiger partial charge in [-0.25, -0.2) is 0 Å². The lowest BCUT2D eigenvalue weighted by Crippen LogP contribution is -2.12. The van der Waals surface area contributed by atoms with Gasteiger partial charge in [-0.2, -0.15) is 0 Å². The van der Waals surface area contributed by atoms with E-state index in [1.165, 1.54) is 5.56 Å². The van der Waals surface area contributed by atoms with Crippen molar-refractivity contribution < 1.29 is 0 Å². The molecule has 0 atom stereocenters. The van der Waals surface area contributed by atoms with Crippen LogP contribution in [0.3, 0.4) is 0 Å².